The minimum absolute atomic E-state index is 0.107. The monoisotopic (exact) mass is 387 g/mol. The number of carbonyl (C=O) groups excluding carboxylic acids is 1. The van der Waals surface area contributed by atoms with Crippen LogP contribution in [0.2, 0.25) is 0 Å². The molecule has 3 saturated heterocycles. The number of thiazole rings is 1. The number of rotatable bonds is 5. The number of nitrogens with one attached hydrogen (secondary N) is 1. The van der Waals surface area contributed by atoms with E-state index in [9.17, 15) is 9.18 Å². The predicted octanol–water partition coefficient (Wildman–Crippen LogP) is 4.03. The lowest BCUT2D eigenvalue weighted by Gasteiger charge is -2.44. The van der Waals surface area contributed by atoms with Gasteiger partial charge in [-0.1, -0.05) is 0 Å². The number of nitrogens with zero attached hydrogens (tertiary/aromatic N) is 2. The van der Waals surface area contributed by atoms with Gasteiger partial charge in [-0.05, 0) is 75.9 Å². The summed E-state index contributed by atoms with van der Waals surface area (Å²) < 4.78 is 13.1. The number of amides is 1. The number of aromatic nitrogens is 1. The van der Waals surface area contributed by atoms with Gasteiger partial charge in [0.05, 0.1) is 11.2 Å². The molecule has 2 aromatic rings. The fourth-order valence-electron chi connectivity index (χ4n) is 4.31. The van der Waals surface area contributed by atoms with Crippen molar-refractivity contribution >= 4 is 17.2 Å². The molecule has 1 aromatic carbocycles. The van der Waals surface area contributed by atoms with Gasteiger partial charge >= 0.3 is 0 Å². The highest BCUT2D eigenvalue weighted by atomic mass is 32.1. The van der Waals surface area contributed by atoms with Crippen LogP contribution in [0.5, 0.6) is 0 Å². The summed E-state index contributed by atoms with van der Waals surface area (Å²) in [6.07, 6.45) is 3.06. The van der Waals surface area contributed by atoms with E-state index >= 15 is 0 Å². The highest BCUT2D eigenvalue weighted by Crippen LogP contribution is 2.35. The maximum Gasteiger partial charge on any atom is 0.221 e. The van der Waals surface area contributed by atoms with Crippen LogP contribution in [0.25, 0.3) is 10.6 Å². The first-order valence-corrected chi connectivity index (χ1v) is 10.5. The molecule has 1 N–H and O–H groups in total. The van der Waals surface area contributed by atoms with Gasteiger partial charge in [0.2, 0.25) is 5.91 Å². The lowest BCUT2D eigenvalue weighted by atomic mass is 9.77. The fraction of sp³-hybridized carbons (Fsp3) is 0.524. The minimum Gasteiger partial charge on any atom is -0.346 e. The van der Waals surface area contributed by atoms with Crippen LogP contribution in [0.3, 0.4) is 0 Å². The standard InChI is InChI=1S/C21H26FN3OS/c1-21(2,18-13-27-20(23-18)15-3-5-17(22)6-4-15)24-19(26)11-16-12-25-9-7-14(16)8-10-25/h3-6,13-14,16H,7-12H2,1-2H3,(H,24,26). The Labute approximate surface area is 163 Å². The fourth-order valence-corrected chi connectivity index (χ4v) is 5.30. The average Bonchev–Trinajstić information content (AvgIpc) is 3.14. The first-order chi connectivity index (χ1) is 12.9. The van der Waals surface area contributed by atoms with Crippen LogP contribution in [-0.2, 0) is 10.3 Å². The van der Waals surface area contributed by atoms with Gasteiger partial charge in [0.25, 0.3) is 0 Å². The van der Waals surface area contributed by atoms with Crippen LogP contribution in [0.4, 0.5) is 4.39 Å². The third-order valence-corrected chi connectivity index (χ3v) is 6.82. The van der Waals surface area contributed by atoms with E-state index in [0.717, 1.165) is 22.8 Å². The molecule has 1 amide bonds. The predicted molar refractivity (Wildman–Crippen MR) is 106 cm³/mol. The van der Waals surface area contributed by atoms with Crippen molar-refractivity contribution in [2.45, 2.75) is 38.6 Å². The van der Waals surface area contributed by atoms with Gasteiger partial charge in [-0.25, -0.2) is 9.37 Å². The Morgan fingerprint density at radius 3 is 2.63 bits per heavy atom. The summed E-state index contributed by atoms with van der Waals surface area (Å²) in [7, 11) is 0. The molecule has 0 aliphatic carbocycles. The second-order valence-corrected chi connectivity index (χ2v) is 9.18. The SMILES string of the molecule is CC(C)(NC(=O)CC1CN2CCC1CC2)c1csc(-c2ccc(F)cc2)n1. The zero-order valence-corrected chi connectivity index (χ0v) is 16.7. The summed E-state index contributed by atoms with van der Waals surface area (Å²) in [5, 5.41) is 6.00. The number of fused-ring (bicyclic) bond motifs is 3. The molecule has 0 spiro atoms. The summed E-state index contributed by atoms with van der Waals surface area (Å²) in [6.45, 7) is 7.43. The van der Waals surface area contributed by atoms with Crippen LogP contribution in [0.1, 0.15) is 38.8 Å². The van der Waals surface area contributed by atoms with Gasteiger partial charge in [-0.3, -0.25) is 4.79 Å². The van der Waals surface area contributed by atoms with Gasteiger partial charge in [-0.15, -0.1) is 11.3 Å². The molecule has 5 rings (SSSR count). The van der Waals surface area contributed by atoms with Crippen molar-refractivity contribution in [2.24, 2.45) is 11.8 Å². The first-order valence-electron chi connectivity index (χ1n) is 9.66. The highest BCUT2D eigenvalue weighted by Gasteiger charge is 2.36. The molecule has 3 aliphatic rings. The Balaban J connectivity index is 1.41. The van der Waals surface area contributed by atoms with Crippen molar-refractivity contribution < 1.29 is 9.18 Å². The molecule has 3 fully saturated rings. The second kappa shape index (κ2) is 7.32. The van der Waals surface area contributed by atoms with Crippen molar-refractivity contribution in [1.29, 1.82) is 0 Å². The smallest absolute Gasteiger partial charge is 0.221 e. The third kappa shape index (κ3) is 4.06. The lowest BCUT2D eigenvalue weighted by Crippen LogP contribution is -2.50. The molecule has 0 saturated carbocycles. The van der Waals surface area contributed by atoms with E-state index in [-0.39, 0.29) is 11.7 Å². The van der Waals surface area contributed by atoms with Gasteiger partial charge in [-0.2, -0.15) is 0 Å². The second-order valence-electron chi connectivity index (χ2n) is 8.32. The zero-order valence-electron chi connectivity index (χ0n) is 15.9. The van der Waals surface area contributed by atoms with Crippen molar-refractivity contribution in [3.8, 4) is 10.6 Å². The van der Waals surface area contributed by atoms with E-state index < -0.39 is 5.54 Å². The van der Waals surface area contributed by atoms with E-state index in [1.165, 1.54) is 49.4 Å². The van der Waals surface area contributed by atoms with Crippen LogP contribution < -0.4 is 5.32 Å². The zero-order chi connectivity index (χ0) is 19.0. The summed E-state index contributed by atoms with van der Waals surface area (Å²) in [6, 6.07) is 6.35. The van der Waals surface area contributed by atoms with E-state index in [1.54, 1.807) is 12.1 Å². The number of halogens is 1. The molecule has 27 heavy (non-hydrogen) atoms. The minimum atomic E-state index is -0.528. The highest BCUT2D eigenvalue weighted by molar-refractivity contribution is 7.13. The van der Waals surface area contributed by atoms with Crippen molar-refractivity contribution in [3.05, 3.63) is 41.2 Å². The molecule has 3 aliphatic heterocycles. The van der Waals surface area contributed by atoms with Gasteiger partial charge in [0.1, 0.15) is 10.8 Å². The van der Waals surface area contributed by atoms with Gasteiger partial charge < -0.3 is 10.2 Å². The Morgan fingerprint density at radius 2 is 2.00 bits per heavy atom. The third-order valence-electron chi connectivity index (χ3n) is 5.93. The van der Waals surface area contributed by atoms with E-state index in [1.807, 2.05) is 19.2 Å². The van der Waals surface area contributed by atoms with Crippen molar-refractivity contribution in [1.82, 2.24) is 15.2 Å². The van der Waals surface area contributed by atoms with Gasteiger partial charge in [0, 0.05) is 23.9 Å². The quantitative estimate of drug-likeness (QED) is 0.842. The first kappa shape index (κ1) is 18.6. The van der Waals surface area contributed by atoms with Crippen molar-refractivity contribution in [3.63, 3.8) is 0 Å². The Bertz CT molecular complexity index is 809. The molecule has 1 unspecified atom stereocenters. The lowest BCUT2D eigenvalue weighted by molar-refractivity contribution is -0.125. The molecule has 6 heteroatoms. The van der Waals surface area contributed by atoms with Crippen LogP contribution in [0.15, 0.2) is 29.6 Å². The molecule has 144 valence electrons. The molecule has 1 aromatic heterocycles. The Kier molecular flexibility index (Phi) is 5.03. The van der Waals surface area contributed by atoms with Crippen molar-refractivity contribution in [2.75, 3.05) is 19.6 Å². The maximum absolute atomic E-state index is 13.1. The summed E-state index contributed by atoms with van der Waals surface area (Å²) in [5.41, 5.74) is 1.20. The van der Waals surface area contributed by atoms with E-state index in [4.69, 9.17) is 4.98 Å². The topological polar surface area (TPSA) is 45.2 Å². The average molecular weight is 388 g/mol. The van der Waals surface area contributed by atoms with Gasteiger partial charge in [0.15, 0.2) is 0 Å². The molecule has 4 heterocycles. The summed E-state index contributed by atoms with van der Waals surface area (Å²) >= 11 is 1.52. The molecular formula is C21H26FN3OS. The normalized spacial score (nSPS) is 24.8. The summed E-state index contributed by atoms with van der Waals surface area (Å²) in [5.74, 6) is 1.03. The van der Waals surface area contributed by atoms with E-state index in [0.29, 0.717) is 18.3 Å². The maximum atomic E-state index is 13.1. The molecule has 4 nitrogen and oxygen atoms in total. The largest absolute Gasteiger partial charge is 0.346 e. The number of carbonyl (C=O) groups is 1. The van der Waals surface area contributed by atoms with E-state index in [2.05, 4.69) is 10.2 Å². The number of hydrogen-bond acceptors (Lipinski definition) is 4. The van der Waals surface area contributed by atoms with Crippen LogP contribution in [-0.4, -0.2) is 35.4 Å². The van der Waals surface area contributed by atoms with Crippen LogP contribution in [0, 0.1) is 17.7 Å². The molecule has 1 atom stereocenters. The Morgan fingerprint density at radius 1 is 1.30 bits per heavy atom. The number of piperidine rings is 3. The number of hydrogen-bond donors (Lipinski definition) is 1. The number of benzene rings is 1. The van der Waals surface area contributed by atoms with Crippen LogP contribution >= 0.6 is 11.3 Å². The molecule has 2 bridgehead atoms. The molecule has 0 radical (unpaired) electrons. The Hall–Kier alpha value is -1.79. The summed E-state index contributed by atoms with van der Waals surface area (Å²) in [4.78, 5) is 19.9. The molecular weight excluding hydrogens is 361 g/mol.